The van der Waals surface area contributed by atoms with Gasteiger partial charge in [0.05, 0.1) is 5.76 Å². The number of allylic oxidation sites excluding steroid dienone is 1. The zero-order valence-electron chi connectivity index (χ0n) is 9.60. The van der Waals surface area contributed by atoms with Crippen LogP contribution in [-0.4, -0.2) is 28.0 Å². The highest BCUT2D eigenvalue weighted by atomic mass is 32.2. The van der Waals surface area contributed by atoms with Gasteiger partial charge in [-0.15, -0.1) is 0 Å². The van der Waals surface area contributed by atoms with Gasteiger partial charge in [0.15, 0.2) is 10.9 Å². The Morgan fingerprint density at radius 1 is 1.53 bits per heavy atom. The number of aromatic nitrogens is 2. The number of esters is 1. The maximum Gasteiger partial charge on any atom is 0.318 e. The first-order chi connectivity index (χ1) is 8.02. The quantitative estimate of drug-likeness (QED) is 0.199. The predicted octanol–water partition coefficient (Wildman–Crippen LogP) is 1.85. The average molecular weight is 252 g/mol. The second kappa shape index (κ2) is 6.15. The Kier molecular flexibility index (Phi) is 4.84. The summed E-state index contributed by atoms with van der Waals surface area (Å²) in [6.45, 7) is 4.96. The normalized spacial score (nSPS) is 9.76. The molecule has 1 rings (SSSR count). The fraction of sp³-hybridized carbons (Fsp3) is 0.273. The molecule has 1 heterocycles. The minimum atomic E-state index is -0.633. The lowest BCUT2D eigenvalue weighted by atomic mass is 10.2. The molecule has 6 heteroatoms. The van der Waals surface area contributed by atoms with Gasteiger partial charge in [0.2, 0.25) is 0 Å². The molecule has 0 saturated heterocycles. The van der Waals surface area contributed by atoms with E-state index in [-0.39, 0.29) is 17.9 Å². The second-order valence-corrected chi connectivity index (χ2v) is 3.98. The van der Waals surface area contributed by atoms with E-state index in [4.69, 9.17) is 4.74 Å². The average Bonchev–Trinajstić information content (AvgIpc) is 2.27. The van der Waals surface area contributed by atoms with Gasteiger partial charge in [-0.25, -0.2) is 9.97 Å². The molecule has 0 radical (unpaired) electrons. The SMILES string of the molecule is C=C(C)OC(=O)CC(=O)c1ccnc(SC)n1. The van der Waals surface area contributed by atoms with Crippen molar-refractivity contribution in [2.75, 3.05) is 6.26 Å². The fourth-order valence-corrected chi connectivity index (χ4v) is 1.40. The van der Waals surface area contributed by atoms with Crippen molar-refractivity contribution >= 4 is 23.5 Å². The molecule has 0 amide bonds. The minimum Gasteiger partial charge on any atom is -0.432 e. The summed E-state index contributed by atoms with van der Waals surface area (Å²) in [6.07, 6.45) is 2.94. The van der Waals surface area contributed by atoms with Crippen LogP contribution in [0, 0.1) is 0 Å². The summed E-state index contributed by atoms with van der Waals surface area (Å²) in [5.74, 6) is -0.768. The summed E-state index contributed by atoms with van der Waals surface area (Å²) in [4.78, 5) is 30.8. The van der Waals surface area contributed by atoms with Gasteiger partial charge in [-0.3, -0.25) is 9.59 Å². The standard InChI is InChI=1S/C11H12N2O3S/c1-7(2)16-10(15)6-9(14)8-4-5-12-11(13-8)17-3/h4-5H,1,6H2,2-3H3. The molecule has 0 bridgehead atoms. The number of ether oxygens (including phenoxy) is 1. The lowest BCUT2D eigenvalue weighted by Gasteiger charge is -2.02. The highest BCUT2D eigenvalue weighted by Gasteiger charge is 2.15. The molecule has 1 aromatic rings. The number of hydrogen-bond donors (Lipinski definition) is 0. The molecule has 0 unspecified atom stereocenters. The molecule has 17 heavy (non-hydrogen) atoms. The number of rotatable bonds is 5. The topological polar surface area (TPSA) is 69.2 Å². The van der Waals surface area contributed by atoms with Crippen LogP contribution in [0.2, 0.25) is 0 Å². The van der Waals surface area contributed by atoms with Crippen molar-refractivity contribution in [2.24, 2.45) is 0 Å². The van der Waals surface area contributed by atoms with Crippen LogP contribution >= 0.6 is 11.8 Å². The van der Waals surface area contributed by atoms with E-state index >= 15 is 0 Å². The summed E-state index contributed by atoms with van der Waals surface area (Å²) < 4.78 is 4.70. The highest BCUT2D eigenvalue weighted by Crippen LogP contribution is 2.09. The van der Waals surface area contributed by atoms with E-state index in [0.29, 0.717) is 5.16 Å². The smallest absolute Gasteiger partial charge is 0.318 e. The third-order valence-corrected chi connectivity index (χ3v) is 2.26. The number of thioether (sulfide) groups is 1. The number of ketones is 1. The van der Waals surface area contributed by atoms with Crippen molar-refractivity contribution in [3.8, 4) is 0 Å². The second-order valence-electron chi connectivity index (χ2n) is 3.20. The molecule has 0 spiro atoms. The van der Waals surface area contributed by atoms with Crippen LogP contribution in [0.5, 0.6) is 0 Å². The van der Waals surface area contributed by atoms with Gasteiger partial charge in [0, 0.05) is 6.20 Å². The number of carbonyl (C=O) groups is 2. The van der Waals surface area contributed by atoms with Crippen LogP contribution in [0.15, 0.2) is 29.8 Å². The van der Waals surface area contributed by atoms with E-state index in [1.807, 2.05) is 0 Å². The molecule has 0 aromatic carbocycles. The number of hydrogen-bond acceptors (Lipinski definition) is 6. The molecule has 90 valence electrons. The number of Topliss-reactive ketones (excluding diaryl/α,β-unsaturated/α-hetero) is 1. The Morgan fingerprint density at radius 2 is 2.24 bits per heavy atom. The Morgan fingerprint density at radius 3 is 2.82 bits per heavy atom. The van der Waals surface area contributed by atoms with Crippen LogP contribution in [-0.2, 0) is 9.53 Å². The lowest BCUT2D eigenvalue weighted by molar-refractivity contribution is -0.138. The number of carbonyl (C=O) groups excluding carboxylic acids is 2. The van der Waals surface area contributed by atoms with Crippen molar-refractivity contribution < 1.29 is 14.3 Å². The van der Waals surface area contributed by atoms with Crippen LogP contribution in [0.1, 0.15) is 23.8 Å². The van der Waals surface area contributed by atoms with Gasteiger partial charge >= 0.3 is 5.97 Å². The zero-order chi connectivity index (χ0) is 12.8. The molecule has 0 aliphatic heterocycles. The largest absolute Gasteiger partial charge is 0.432 e. The highest BCUT2D eigenvalue weighted by molar-refractivity contribution is 7.98. The molecular weight excluding hydrogens is 240 g/mol. The van der Waals surface area contributed by atoms with Gasteiger partial charge in [-0.1, -0.05) is 18.3 Å². The van der Waals surface area contributed by atoms with Gasteiger partial charge in [0.25, 0.3) is 0 Å². The summed E-state index contributed by atoms with van der Waals surface area (Å²) in [5, 5.41) is 0.490. The number of nitrogens with zero attached hydrogens (tertiary/aromatic N) is 2. The van der Waals surface area contributed by atoms with Crippen molar-refractivity contribution in [2.45, 2.75) is 18.5 Å². The molecule has 0 atom stereocenters. The van der Waals surface area contributed by atoms with Gasteiger partial charge in [-0.2, -0.15) is 0 Å². The lowest BCUT2D eigenvalue weighted by Crippen LogP contribution is -2.12. The molecule has 0 aliphatic carbocycles. The molecular formula is C11H12N2O3S. The van der Waals surface area contributed by atoms with Gasteiger partial charge in [0.1, 0.15) is 12.1 Å². The van der Waals surface area contributed by atoms with Gasteiger partial charge in [-0.05, 0) is 19.2 Å². The van der Waals surface area contributed by atoms with Crippen LogP contribution in [0.25, 0.3) is 0 Å². The Hall–Kier alpha value is -1.69. The van der Waals surface area contributed by atoms with Crippen LogP contribution in [0.4, 0.5) is 0 Å². The first kappa shape index (κ1) is 13.4. The molecule has 5 nitrogen and oxygen atoms in total. The molecule has 0 fully saturated rings. The minimum absolute atomic E-state index is 0.211. The van der Waals surface area contributed by atoms with Gasteiger partial charge < -0.3 is 4.74 Å². The maximum absolute atomic E-state index is 11.7. The summed E-state index contributed by atoms with van der Waals surface area (Å²) in [5.41, 5.74) is 0.211. The van der Waals surface area contributed by atoms with E-state index in [1.165, 1.54) is 24.0 Å². The molecule has 0 N–H and O–H groups in total. The van der Waals surface area contributed by atoms with E-state index in [1.54, 1.807) is 13.2 Å². The summed E-state index contributed by atoms with van der Waals surface area (Å²) >= 11 is 1.33. The van der Waals surface area contributed by atoms with Crippen molar-refractivity contribution in [3.63, 3.8) is 0 Å². The van der Waals surface area contributed by atoms with Crippen molar-refractivity contribution in [1.29, 1.82) is 0 Å². The van der Waals surface area contributed by atoms with Crippen LogP contribution in [0.3, 0.4) is 0 Å². The fourth-order valence-electron chi connectivity index (χ4n) is 1.05. The Bertz CT molecular complexity index is 460. The first-order valence-electron chi connectivity index (χ1n) is 4.79. The molecule has 1 aromatic heterocycles. The Labute approximate surface area is 103 Å². The monoisotopic (exact) mass is 252 g/mol. The van der Waals surface area contributed by atoms with E-state index < -0.39 is 11.8 Å². The molecule has 0 saturated carbocycles. The van der Waals surface area contributed by atoms with Crippen LogP contribution < -0.4 is 0 Å². The zero-order valence-corrected chi connectivity index (χ0v) is 10.4. The Balaban J connectivity index is 2.69. The maximum atomic E-state index is 11.7. The summed E-state index contributed by atoms with van der Waals surface area (Å²) in [7, 11) is 0. The molecule has 0 aliphatic rings. The van der Waals surface area contributed by atoms with E-state index in [0.717, 1.165) is 0 Å². The third-order valence-electron chi connectivity index (χ3n) is 1.69. The predicted molar refractivity (Wildman–Crippen MR) is 63.7 cm³/mol. The van der Waals surface area contributed by atoms with E-state index in [2.05, 4.69) is 16.5 Å². The third kappa shape index (κ3) is 4.36. The summed E-state index contributed by atoms with van der Waals surface area (Å²) in [6, 6.07) is 1.47. The van der Waals surface area contributed by atoms with Crippen molar-refractivity contribution in [3.05, 3.63) is 30.3 Å². The van der Waals surface area contributed by atoms with E-state index in [9.17, 15) is 9.59 Å². The first-order valence-corrected chi connectivity index (χ1v) is 6.02. The van der Waals surface area contributed by atoms with Crippen molar-refractivity contribution in [1.82, 2.24) is 9.97 Å².